The number of fused-ring (bicyclic) bond motifs is 10. The van der Waals surface area contributed by atoms with E-state index in [1.807, 2.05) is 0 Å². The number of aliphatic carboxylic acids is 1. The van der Waals surface area contributed by atoms with Crippen molar-refractivity contribution in [3.63, 3.8) is 0 Å². The van der Waals surface area contributed by atoms with Gasteiger partial charge in [-0.05, 0) is 216 Å². The van der Waals surface area contributed by atoms with Gasteiger partial charge in [-0.2, -0.15) is 0 Å². The summed E-state index contributed by atoms with van der Waals surface area (Å²) >= 11 is 0. The number of aliphatic hydroxyl groups is 3. The summed E-state index contributed by atoms with van der Waals surface area (Å²) in [4.78, 5) is 11.0. The molecule has 6 unspecified atom stereocenters. The Morgan fingerprint density at radius 2 is 0.987 bits per heavy atom. The maximum atomic E-state index is 11.0. The second-order valence-electron chi connectivity index (χ2n) is 27.5. The maximum absolute atomic E-state index is 11.0. The first kappa shape index (κ1) is 71.6. The quantitative estimate of drug-likeness (QED) is 0.142. The number of rotatable bonds is 15. The van der Waals surface area contributed by atoms with Gasteiger partial charge in [0.1, 0.15) is 0 Å². The van der Waals surface area contributed by atoms with Crippen LogP contribution in [0.2, 0.25) is 0 Å². The zero-order valence-electron chi connectivity index (χ0n) is 50.3. The van der Waals surface area contributed by atoms with Crippen molar-refractivity contribution in [2.45, 2.75) is 195 Å². The molecule has 392 valence electrons. The molecule has 7 fully saturated rings. The minimum Gasteiger partial charge on any atom is -1.00 e. The number of aliphatic hydroxyl groups excluding tert-OH is 3. The van der Waals surface area contributed by atoms with E-state index in [9.17, 15) is 20.1 Å². The minimum absolute atomic E-state index is 0. The van der Waals surface area contributed by atoms with Gasteiger partial charge in [0, 0.05) is 155 Å². The molecule has 0 spiro atoms. The number of hydrogen-bond donors (Lipinski definition) is 4. The minimum atomic E-state index is -0.853. The van der Waals surface area contributed by atoms with Gasteiger partial charge in [0.2, 0.25) is 0 Å². The molecule has 0 aromatic carbocycles. The summed E-state index contributed by atoms with van der Waals surface area (Å²) in [5.74, 6) is 7.15. The van der Waals surface area contributed by atoms with Crippen molar-refractivity contribution in [1.82, 2.24) is 0 Å². The van der Waals surface area contributed by atoms with Crippen LogP contribution < -0.4 is 18.9 Å². The summed E-state index contributed by atoms with van der Waals surface area (Å²) in [6.07, 6.45) is 24.2. The Kier molecular flexibility index (Phi) is 28.6. The Labute approximate surface area is 517 Å². The van der Waals surface area contributed by atoms with Crippen molar-refractivity contribution in [3.05, 3.63) is 23.3 Å². The molecule has 1 aliphatic heterocycles. The molecule has 16 atom stereocenters. The number of carboxylic acids is 1. The van der Waals surface area contributed by atoms with Crippen LogP contribution in [0.15, 0.2) is 23.3 Å². The summed E-state index contributed by atoms with van der Waals surface area (Å²) in [5, 5.41) is 38.6. The van der Waals surface area contributed by atoms with Crippen LogP contribution in [-0.4, -0.2) is 204 Å². The molecule has 9 aliphatic rings. The first-order valence-corrected chi connectivity index (χ1v) is 30.5. The smallest absolute Gasteiger partial charge is 1.00 e. The van der Waals surface area contributed by atoms with Crippen LogP contribution in [0.25, 0.3) is 0 Å². The van der Waals surface area contributed by atoms with Gasteiger partial charge in [0.15, 0.2) is 17.4 Å². The fraction of sp³-hybridized carbons (Fsp3) is 0.904. The SMILES string of the molecule is C1CCOC1.C[C@H](CCC(=O)O)[C@H]1CCC2C3CC=C4C[C@@H](O)CC[C@]4(C)C3CC[C@@]21C.C[C@H](CCCO)[C@H]1CCC2C3CC=C4C[C@@H](O)CC[C@]4(C)C3CC[C@@]21C.[AlH3].[B]B([B])B(B([B])[B])B(B([B])[B])B(B([B])[B])B([B])[B].[H-].[Li+]. The standard InChI is InChI=1S/C24H38O3.C24H40O2.C4H8O.Al.B18.Li.4H/c1-15(4-9-22(26)27)19-7-8-20-18-6-5-16-14-17(25)10-12-23(16,2)21(18)11-13-24(19,20)3;1-16(5-4-14-25)20-8-9-21-19-7-6-17-15-18(26)10-12-23(17,2)22(19)11-13-24(20,21)3;1-2-4-5-3-1;;1-11(2)16(12(3)4)18(15(9)10)17(13(5)6)14(7)8;;;;;/h5,15,17-21,25H,4,6-14H2,1-3H3,(H,26,27);6,16,18-22,25-26H,4-5,7-15H2,1-3H3;1-4H2;;;;;;;/q;;;;;+1;;;;-1/t15-,17+,18?,19-,20?,21?,23+,24-;16-,18+,19?,20-,21?,22?,23+,24-;;;;;;;;/m11......../s1. The zero-order valence-corrected chi connectivity index (χ0v) is 49.3. The second-order valence-corrected chi connectivity index (χ2v) is 27.5. The van der Waals surface area contributed by atoms with Crippen LogP contribution in [0.4, 0.5) is 0 Å². The van der Waals surface area contributed by atoms with Crippen LogP contribution in [0.5, 0.6) is 0 Å². The molecule has 0 amide bonds. The van der Waals surface area contributed by atoms with Crippen molar-refractivity contribution in [2.75, 3.05) is 19.8 Å². The van der Waals surface area contributed by atoms with E-state index in [1.54, 1.807) is 11.1 Å². The van der Waals surface area contributed by atoms with Crippen LogP contribution in [0.3, 0.4) is 0 Å². The monoisotopic (exact) mass is 1040 g/mol. The molecule has 1 saturated heterocycles. The van der Waals surface area contributed by atoms with Crippen molar-refractivity contribution >= 4 is 152 Å². The molecular weight excluding hydrogens is 949 g/mol. The average molecular weight is 1040 g/mol. The van der Waals surface area contributed by atoms with Gasteiger partial charge in [0.05, 0.1) is 12.2 Å². The molecule has 8 aliphatic carbocycles. The topological polar surface area (TPSA) is 107 Å². The van der Waals surface area contributed by atoms with E-state index < -0.39 is 57.1 Å². The van der Waals surface area contributed by atoms with Crippen molar-refractivity contribution < 1.29 is 50.2 Å². The molecule has 6 saturated carbocycles. The van der Waals surface area contributed by atoms with E-state index >= 15 is 0 Å². The Bertz CT molecular complexity index is 1900. The van der Waals surface area contributed by atoms with Crippen LogP contribution in [-0.2, 0) is 9.53 Å². The maximum Gasteiger partial charge on any atom is 1.00 e. The van der Waals surface area contributed by atoms with Gasteiger partial charge in [-0.25, -0.2) is 0 Å². The Morgan fingerprint density at radius 3 is 1.32 bits per heavy atom. The molecule has 9 rings (SSSR count). The summed E-state index contributed by atoms with van der Waals surface area (Å²) < 4.78 is 4.94. The van der Waals surface area contributed by atoms with E-state index in [4.69, 9.17) is 87.2 Å². The van der Waals surface area contributed by atoms with E-state index in [0.717, 1.165) is 106 Å². The third-order valence-electron chi connectivity index (χ3n) is 23.2. The van der Waals surface area contributed by atoms with Crippen molar-refractivity contribution in [3.8, 4) is 0 Å². The normalized spacial score (nSPS) is 36.4. The van der Waals surface area contributed by atoms with Gasteiger partial charge >= 0.3 is 24.8 Å². The van der Waals surface area contributed by atoms with Gasteiger partial charge < -0.3 is 26.6 Å². The van der Waals surface area contributed by atoms with Crippen LogP contribution in [0.1, 0.15) is 184 Å². The van der Waals surface area contributed by atoms with E-state index in [1.165, 1.54) is 89.9 Å². The van der Waals surface area contributed by atoms with E-state index in [0.29, 0.717) is 46.5 Å². The predicted octanol–water partition coefficient (Wildman–Crippen LogP) is 0.637. The number of carbonyl (C=O) groups is 1. The van der Waals surface area contributed by atoms with Crippen LogP contribution >= 0.6 is 0 Å². The summed E-state index contributed by atoms with van der Waals surface area (Å²) in [7, 11) is 56.7. The molecule has 0 aromatic rings. The molecule has 78 heavy (non-hydrogen) atoms. The first-order chi connectivity index (χ1) is 35.8. The number of allylic oxidation sites excluding steroid dienone is 2. The molecule has 0 bridgehead atoms. The third-order valence-corrected chi connectivity index (χ3v) is 23.2. The molecule has 1 heterocycles. The largest absolute Gasteiger partial charge is 1.00 e. The summed E-state index contributed by atoms with van der Waals surface area (Å²) in [6.45, 7) is 17.3. The first-order valence-electron chi connectivity index (χ1n) is 30.5. The third kappa shape index (κ3) is 16.0. The van der Waals surface area contributed by atoms with Gasteiger partial charge in [-0.3, -0.25) is 4.79 Å². The van der Waals surface area contributed by atoms with E-state index in [2.05, 4.69) is 53.7 Å². The molecular formula is C52H90AlB18LiO6. The van der Waals surface area contributed by atoms with Crippen molar-refractivity contribution in [2.24, 2.45) is 80.8 Å². The Balaban J connectivity index is 0.000000298. The van der Waals surface area contributed by atoms with Gasteiger partial charge in [-0.15, -0.1) is 0 Å². The number of hydrogen-bond acceptors (Lipinski definition) is 5. The van der Waals surface area contributed by atoms with Gasteiger partial charge in [-0.1, -0.05) is 64.8 Å². The zero-order chi connectivity index (χ0) is 56.1. The fourth-order valence-corrected chi connectivity index (χ4v) is 19.2. The molecule has 6 nitrogen and oxygen atoms in total. The molecule has 4 N–H and O–H groups in total. The average Bonchev–Trinajstić information content (AvgIpc) is 4.36. The Hall–Kier alpha value is 1.09. The van der Waals surface area contributed by atoms with Crippen LogP contribution in [0, 0.1) is 80.8 Å². The van der Waals surface area contributed by atoms with E-state index in [-0.39, 0.29) is 49.9 Å². The van der Waals surface area contributed by atoms with Crippen molar-refractivity contribution in [1.29, 1.82) is 0 Å². The second kappa shape index (κ2) is 31.1. The van der Waals surface area contributed by atoms with Gasteiger partial charge in [0.25, 0.3) is 0 Å². The fourth-order valence-electron chi connectivity index (χ4n) is 19.2. The molecule has 26 heteroatoms. The summed E-state index contributed by atoms with van der Waals surface area (Å²) in [6, 6.07) is 0. The molecule has 20 radical (unpaired) electrons. The Morgan fingerprint density at radius 1 is 0.603 bits per heavy atom. The summed E-state index contributed by atoms with van der Waals surface area (Å²) in [5.41, 5.74) is 4.74. The predicted molar refractivity (Wildman–Crippen MR) is 349 cm³/mol. The molecule has 0 aromatic heterocycles. The number of ether oxygens (including phenoxy) is 1. The number of carboxylic acid groups (broad SMARTS) is 1.